The lowest BCUT2D eigenvalue weighted by atomic mass is 10.2. The van der Waals surface area contributed by atoms with E-state index in [1.807, 2.05) is 6.55 Å². The lowest BCUT2D eigenvalue weighted by molar-refractivity contribution is 0.209. The van der Waals surface area contributed by atoms with Crippen molar-refractivity contribution in [1.82, 2.24) is 0 Å². The van der Waals surface area contributed by atoms with E-state index in [0.29, 0.717) is 0 Å². The Balaban J connectivity index is 0. The molecule has 0 aliphatic heterocycles. The van der Waals surface area contributed by atoms with Crippen molar-refractivity contribution in [1.29, 1.82) is 0 Å². The molecule has 0 radical (unpaired) electrons. The average Bonchev–Trinajstić information content (AvgIpc) is 2.28. The molecule has 0 heterocycles. The van der Waals surface area contributed by atoms with Gasteiger partial charge in [0.05, 0.1) is 17.1 Å². The van der Waals surface area contributed by atoms with Gasteiger partial charge in [0.25, 0.3) is 0 Å². The summed E-state index contributed by atoms with van der Waals surface area (Å²) in [5, 5.41) is 4.64. The van der Waals surface area contributed by atoms with Gasteiger partial charge in [-0.1, -0.05) is 12.8 Å². The van der Waals surface area contributed by atoms with Crippen molar-refractivity contribution in [2.75, 3.05) is 20.4 Å². The predicted molar refractivity (Wildman–Crippen MR) is 70.6 cm³/mol. The Morgan fingerprint density at radius 1 is 1.13 bits per heavy atom. The lowest BCUT2D eigenvalue weighted by Crippen LogP contribution is -2.39. The summed E-state index contributed by atoms with van der Waals surface area (Å²) in [5.41, 5.74) is 10.7. The minimum absolute atomic E-state index is 0.257. The first-order chi connectivity index (χ1) is 7.18. The van der Waals surface area contributed by atoms with Crippen LogP contribution >= 0.6 is 0 Å². The third-order valence-electron chi connectivity index (χ3n) is 2.16. The van der Waals surface area contributed by atoms with Gasteiger partial charge in [-0.15, -0.1) is 0 Å². The minimum Gasteiger partial charge on any atom is -0.398 e. The normalized spacial score (nSPS) is 14.2. The summed E-state index contributed by atoms with van der Waals surface area (Å²) in [5.74, 6) is 0. The SMILES string of the molecule is CO[Si](C)(CCCCCN)OCN.N[SiH3]. The standard InChI is InChI=1S/C8H22N2O2Si.H5NSi/c1-11-13(2,12-8-10)7-5-3-4-6-9;1-2/h3-10H2,1-2H3;1H2,2H3. The summed E-state index contributed by atoms with van der Waals surface area (Å²) in [6.07, 6.45) is 3.35. The first-order valence-electron chi connectivity index (χ1n) is 5.35. The van der Waals surface area contributed by atoms with E-state index in [9.17, 15) is 0 Å². The predicted octanol–water partition coefficient (Wildman–Crippen LogP) is -1.01. The van der Waals surface area contributed by atoms with Crippen LogP contribution in [0.25, 0.3) is 0 Å². The fraction of sp³-hybridized carbons (Fsp3) is 1.00. The minimum atomic E-state index is -1.94. The van der Waals surface area contributed by atoms with E-state index in [2.05, 4.69) is 5.40 Å². The van der Waals surface area contributed by atoms with E-state index >= 15 is 0 Å². The Bertz CT molecular complexity index is 132. The summed E-state index contributed by atoms with van der Waals surface area (Å²) in [6.45, 7) is 3.07. The molecule has 0 fully saturated rings. The van der Waals surface area contributed by atoms with Crippen LogP contribution in [0.15, 0.2) is 0 Å². The van der Waals surface area contributed by atoms with Gasteiger partial charge in [-0.05, 0) is 25.6 Å². The molecule has 15 heavy (non-hydrogen) atoms. The molecule has 7 heteroatoms. The molecule has 0 rings (SSSR count). The van der Waals surface area contributed by atoms with Crippen molar-refractivity contribution >= 4 is 19.0 Å². The number of hydrogen-bond donors (Lipinski definition) is 3. The van der Waals surface area contributed by atoms with Crippen molar-refractivity contribution in [3.05, 3.63) is 0 Å². The highest BCUT2D eigenvalue weighted by molar-refractivity contribution is 6.65. The number of hydrogen-bond acceptors (Lipinski definition) is 5. The largest absolute Gasteiger partial charge is 0.398 e. The Morgan fingerprint density at radius 2 is 1.73 bits per heavy atom. The molecule has 0 amide bonds. The Kier molecular flexibility index (Phi) is 14.5. The highest BCUT2D eigenvalue weighted by Crippen LogP contribution is 2.16. The van der Waals surface area contributed by atoms with Crippen LogP contribution in [0.4, 0.5) is 0 Å². The van der Waals surface area contributed by atoms with Crippen LogP contribution in [0.3, 0.4) is 0 Å². The second-order valence-corrected chi connectivity index (χ2v) is 6.71. The first-order valence-corrected chi connectivity index (χ1v) is 9.03. The fourth-order valence-electron chi connectivity index (χ4n) is 1.18. The van der Waals surface area contributed by atoms with Gasteiger partial charge in [0.15, 0.2) is 0 Å². The molecule has 0 bridgehead atoms. The van der Waals surface area contributed by atoms with Gasteiger partial charge in [0.2, 0.25) is 0 Å². The molecule has 1 unspecified atom stereocenters. The van der Waals surface area contributed by atoms with Crippen LogP contribution < -0.4 is 16.9 Å². The van der Waals surface area contributed by atoms with Crippen molar-refractivity contribution in [2.45, 2.75) is 31.9 Å². The van der Waals surface area contributed by atoms with E-state index < -0.39 is 8.56 Å². The molecular formula is C8H27N3O2Si2. The summed E-state index contributed by atoms with van der Waals surface area (Å²) < 4.78 is 10.8. The third kappa shape index (κ3) is 10.5. The van der Waals surface area contributed by atoms with Crippen molar-refractivity contribution in [3.63, 3.8) is 0 Å². The van der Waals surface area contributed by atoms with Gasteiger partial charge in [-0.25, -0.2) is 0 Å². The molecule has 94 valence electrons. The molecule has 0 aromatic rings. The molecular weight excluding hydrogens is 226 g/mol. The zero-order valence-electron chi connectivity index (χ0n) is 10.3. The Labute approximate surface area is 97.4 Å². The summed E-state index contributed by atoms with van der Waals surface area (Å²) in [7, 11) is 0.566. The summed E-state index contributed by atoms with van der Waals surface area (Å²) >= 11 is 0. The second-order valence-electron chi connectivity index (χ2n) is 3.25. The lowest BCUT2D eigenvalue weighted by Gasteiger charge is -2.23. The van der Waals surface area contributed by atoms with E-state index in [1.165, 1.54) is 0 Å². The molecule has 0 aromatic carbocycles. The highest BCUT2D eigenvalue weighted by Gasteiger charge is 2.28. The number of rotatable bonds is 8. The molecule has 5 nitrogen and oxygen atoms in total. The zero-order valence-corrected chi connectivity index (χ0v) is 13.3. The van der Waals surface area contributed by atoms with Crippen LogP contribution in [0.1, 0.15) is 19.3 Å². The van der Waals surface area contributed by atoms with Crippen LogP contribution in [0.2, 0.25) is 12.6 Å². The van der Waals surface area contributed by atoms with Gasteiger partial charge in [-0.3, -0.25) is 0 Å². The van der Waals surface area contributed by atoms with E-state index in [1.54, 1.807) is 7.11 Å². The van der Waals surface area contributed by atoms with Crippen LogP contribution in [-0.4, -0.2) is 39.4 Å². The van der Waals surface area contributed by atoms with Gasteiger partial charge in [0.1, 0.15) is 0 Å². The van der Waals surface area contributed by atoms with Crippen LogP contribution in [0.5, 0.6) is 0 Å². The molecule has 1 atom stereocenters. The summed E-state index contributed by atoms with van der Waals surface area (Å²) in [6, 6.07) is 1.00. The maximum atomic E-state index is 5.42. The van der Waals surface area contributed by atoms with E-state index in [0.717, 1.165) is 42.3 Å². The van der Waals surface area contributed by atoms with Gasteiger partial charge in [-0.2, -0.15) is 0 Å². The van der Waals surface area contributed by atoms with Crippen molar-refractivity contribution < 1.29 is 8.85 Å². The van der Waals surface area contributed by atoms with Gasteiger partial charge in [0, 0.05) is 7.11 Å². The Hall–Kier alpha value is 0.234. The van der Waals surface area contributed by atoms with Crippen LogP contribution in [0, 0.1) is 0 Å². The molecule has 0 spiro atoms. The smallest absolute Gasteiger partial charge is 0.335 e. The third-order valence-corrected chi connectivity index (χ3v) is 5.06. The second kappa shape index (κ2) is 12.3. The Morgan fingerprint density at radius 3 is 2.13 bits per heavy atom. The monoisotopic (exact) mass is 253 g/mol. The molecule has 0 aliphatic rings. The van der Waals surface area contributed by atoms with Gasteiger partial charge < -0.3 is 25.7 Å². The fourth-order valence-corrected chi connectivity index (χ4v) is 2.89. The number of unbranched alkanes of at least 4 members (excludes halogenated alkanes) is 2. The highest BCUT2D eigenvalue weighted by atomic mass is 28.4. The van der Waals surface area contributed by atoms with E-state index in [-0.39, 0.29) is 6.73 Å². The average molecular weight is 253 g/mol. The topological polar surface area (TPSA) is 96.5 Å². The number of nitrogens with two attached hydrogens (primary N) is 3. The molecule has 0 saturated carbocycles. The molecule has 6 N–H and O–H groups in total. The molecule has 0 saturated heterocycles. The summed E-state index contributed by atoms with van der Waals surface area (Å²) in [4.78, 5) is 0. The van der Waals surface area contributed by atoms with Crippen LogP contribution in [-0.2, 0) is 8.85 Å². The maximum Gasteiger partial charge on any atom is 0.335 e. The molecule has 0 aliphatic carbocycles. The first kappa shape index (κ1) is 17.6. The van der Waals surface area contributed by atoms with Crippen molar-refractivity contribution in [3.8, 4) is 0 Å². The quantitative estimate of drug-likeness (QED) is 0.293. The van der Waals surface area contributed by atoms with Crippen molar-refractivity contribution in [2.24, 2.45) is 16.9 Å². The molecule has 0 aromatic heterocycles. The zero-order chi connectivity index (χ0) is 12.2. The van der Waals surface area contributed by atoms with E-state index in [4.69, 9.17) is 20.3 Å². The maximum absolute atomic E-state index is 5.42. The van der Waals surface area contributed by atoms with Gasteiger partial charge >= 0.3 is 8.56 Å².